The maximum Gasteiger partial charge on any atom is 0.317 e. The highest BCUT2D eigenvalue weighted by Crippen LogP contribution is 2.31. The van der Waals surface area contributed by atoms with Gasteiger partial charge in [0.1, 0.15) is 6.61 Å². The second-order valence-electron chi connectivity index (χ2n) is 6.80. The Labute approximate surface area is 148 Å². The number of carbonyl (C=O) groups excluding carboxylic acids is 1. The van der Waals surface area contributed by atoms with Crippen LogP contribution in [0.5, 0.6) is 11.5 Å². The van der Waals surface area contributed by atoms with Crippen molar-refractivity contribution in [1.82, 2.24) is 15.1 Å². The molecule has 1 N–H and O–H groups in total. The molecular formula is C19H25N3O3. The van der Waals surface area contributed by atoms with Gasteiger partial charge < -0.3 is 19.7 Å². The quantitative estimate of drug-likeness (QED) is 0.848. The highest BCUT2D eigenvalue weighted by Gasteiger charge is 2.30. The lowest BCUT2D eigenvalue weighted by Gasteiger charge is -2.35. The van der Waals surface area contributed by atoms with Crippen LogP contribution in [0.15, 0.2) is 36.4 Å². The Bertz CT molecular complexity index is 641. The average Bonchev–Trinajstić information content (AvgIpc) is 3.08. The lowest BCUT2D eigenvalue weighted by atomic mass is 10.0. The number of carbonyl (C=O) groups is 1. The summed E-state index contributed by atoms with van der Waals surface area (Å²) in [5.41, 5.74) is 0. The number of para-hydroxylation sites is 2. The van der Waals surface area contributed by atoms with Crippen LogP contribution in [0.3, 0.4) is 0 Å². The topological polar surface area (TPSA) is 54.0 Å². The molecule has 0 aromatic heterocycles. The number of amides is 2. The number of benzene rings is 1. The van der Waals surface area contributed by atoms with Gasteiger partial charge in [0.2, 0.25) is 0 Å². The largest absolute Gasteiger partial charge is 0.485 e. The lowest BCUT2D eigenvalue weighted by molar-refractivity contribution is 0.122. The van der Waals surface area contributed by atoms with Crippen molar-refractivity contribution in [3.05, 3.63) is 36.4 Å². The first-order valence-corrected chi connectivity index (χ1v) is 9.11. The number of rotatable bonds is 4. The SMILES string of the molecule is O=C1NCCN1C1CCN(CC=CC2COc3ccccc3O2)CC1. The van der Waals surface area contributed by atoms with E-state index in [1.165, 1.54) is 0 Å². The van der Waals surface area contributed by atoms with Crippen LogP contribution in [0.1, 0.15) is 12.8 Å². The van der Waals surface area contributed by atoms with Gasteiger partial charge in [-0.15, -0.1) is 0 Å². The first-order valence-electron chi connectivity index (χ1n) is 9.11. The molecule has 2 fully saturated rings. The molecule has 0 spiro atoms. The number of nitrogens with zero attached hydrogens (tertiary/aromatic N) is 2. The fourth-order valence-electron chi connectivity index (χ4n) is 3.74. The molecule has 4 rings (SSSR count). The summed E-state index contributed by atoms with van der Waals surface area (Å²) in [5.74, 6) is 1.63. The standard InChI is InChI=1S/C19H25N3O3/c23-19-20-9-13-22(19)15-7-11-21(12-8-15)10-3-4-16-14-24-17-5-1-2-6-18(17)25-16/h1-6,15-16H,7-14H2,(H,20,23). The maximum absolute atomic E-state index is 11.8. The smallest absolute Gasteiger partial charge is 0.317 e. The Morgan fingerprint density at radius 1 is 1.16 bits per heavy atom. The van der Waals surface area contributed by atoms with Gasteiger partial charge in [-0.05, 0) is 31.1 Å². The van der Waals surface area contributed by atoms with Crippen molar-refractivity contribution in [2.45, 2.75) is 25.0 Å². The molecule has 3 aliphatic rings. The zero-order valence-electron chi connectivity index (χ0n) is 14.4. The number of likely N-dealkylation sites (tertiary alicyclic amines) is 1. The minimum atomic E-state index is -0.0271. The van der Waals surface area contributed by atoms with Gasteiger partial charge in [0.15, 0.2) is 17.6 Å². The van der Waals surface area contributed by atoms with Gasteiger partial charge in [0.05, 0.1) is 0 Å². The van der Waals surface area contributed by atoms with Crippen molar-refractivity contribution in [1.29, 1.82) is 0 Å². The molecule has 0 saturated carbocycles. The van der Waals surface area contributed by atoms with E-state index in [-0.39, 0.29) is 12.1 Å². The molecule has 1 aromatic rings. The summed E-state index contributed by atoms with van der Waals surface area (Å²) >= 11 is 0. The predicted octanol–water partition coefficient (Wildman–Crippen LogP) is 1.87. The summed E-state index contributed by atoms with van der Waals surface area (Å²) in [5, 5.41) is 2.89. The molecule has 134 valence electrons. The van der Waals surface area contributed by atoms with E-state index in [0.29, 0.717) is 12.6 Å². The van der Waals surface area contributed by atoms with E-state index in [0.717, 1.165) is 57.1 Å². The Morgan fingerprint density at radius 2 is 1.96 bits per heavy atom. The van der Waals surface area contributed by atoms with E-state index < -0.39 is 0 Å². The Balaban J connectivity index is 1.22. The van der Waals surface area contributed by atoms with Gasteiger partial charge in [-0.25, -0.2) is 4.79 Å². The third-order valence-corrected chi connectivity index (χ3v) is 5.13. The summed E-state index contributed by atoms with van der Waals surface area (Å²) in [6.45, 7) is 5.17. The van der Waals surface area contributed by atoms with Gasteiger partial charge in [0.25, 0.3) is 0 Å². The van der Waals surface area contributed by atoms with Gasteiger partial charge >= 0.3 is 6.03 Å². The molecule has 0 aliphatic carbocycles. The Morgan fingerprint density at radius 3 is 2.72 bits per heavy atom. The number of ether oxygens (including phenoxy) is 2. The fraction of sp³-hybridized carbons (Fsp3) is 0.526. The minimum Gasteiger partial charge on any atom is -0.485 e. The van der Waals surface area contributed by atoms with Gasteiger partial charge in [-0.1, -0.05) is 18.2 Å². The number of urea groups is 1. The zero-order valence-corrected chi connectivity index (χ0v) is 14.4. The number of nitrogens with one attached hydrogen (secondary N) is 1. The monoisotopic (exact) mass is 343 g/mol. The molecule has 3 heterocycles. The van der Waals surface area contributed by atoms with Gasteiger partial charge in [0, 0.05) is 38.8 Å². The molecule has 2 amide bonds. The molecule has 1 aromatic carbocycles. The van der Waals surface area contributed by atoms with Crippen LogP contribution in [0.4, 0.5) is 4.79 Å². The molecule has 1 unspecified atom stereocenters. The Kier molecular flexibility index (Phi) is 4.78. The second-order valence-corrected chi connectivity index (χ2v) is 6.80. The van der Waals surface area contributed by atoms with Gasteiger partial charge in [-0.2, -0.15) is 0 Å². The van der Waals surface area contributed by atoms with Crippen molar-refractivity contribution >= 4 is 6.03 Å². The number of piperidine rings is 1. The zero-order chi connectivity index (χ0) is 17.1. The van der Waals surface area contributed by atoms with E-state index in [1.807, 2.05) is 29.2 Å². The molecule has 0 bridgehead atoms. The van der Waals surface area contributed by atoms with Crippen LogP contribution < -0.4 is 14.8 Å². The predicted molar refractivity (Wildman–Crippen MR) is 95.1 cm³/mol. The normalized spacial score (nSPS) is 24.7. The first-order chi connectivity index (χ1) is 12.3. The summed E-state index contributed by atoms with van der Waals surface area (Å²) in [6.07, 6.45) is 6.34. The molecule has 2 saturated heterocycles. The van der Waals surface area contributed by atoms with Crippen LogP contribution >= 0.6 is 0 Å². The molecule has 1 atom stereocenters. The Hall–Kier alpha value is -2.21. The number of fused-ring (bicyclic) bond motifs is 1. The van der Waals surface area contributed by atoms with Crippen LogP contribution in [0.2, 0.25) is 0 Å². The van der Waals surface area contributed by atoms with Crippen LogP contribution in [-0.4, -0.2) is 67.3 Å². The van der Waals surface area contributed by atoms with E-state index in [1.54, 1.807) is 0 Å². The maximum atomic E-state index is 11.8. The van der Waals surface area contributed by atoms with Crippen molar-refractivity contribution in [2.24, 2.45) is 0 Å². The van der Waals surface area contributed by atoms with Crippen molar-refractivity contribution < 1.29 is 14.3 Å². The summed E-state index contributed by atoms with van der Waals surface area (Å²) in [6, 6.07) is 8.28. The number of hydrogen-bond acceptors (Lipinski definition) is 4. The van der Waals surface area contributed by atoms with E-state index in [9.17, 15) is 4.79 Å². The van der Waals surface area contributed by atoms with Crippen molar-refractivity contribution in [3.63, 3.8) is 0 Å². The minimum absolute atomic E-state index is 0.0271. The van der Waals surface area contributed by atoms with Crippen LogP contribution in [0.25, 0.3) is 0 Å². The first kappa shape index (κ1) is 16.3. The van der Waals surface area contributed by atoms with E-state index in [2.05, 4.69) is 22.4 Å². The molecule has 3 aliphatic heterocycles. The van der Waals surface area contributed by atoms with Crippen molar-refractivity contribution in [2.75, 3.05) is 39.3 Å². The molecule has 6 nitrogen and oxygen atoms in total. The fourth-order valence-corrected chi connectivity index (χ4v) is 3.74. The summed E-state index contributed by atoms with van der Waals surface area (Å²) < 4.78 is 11.7. The third kappa shape index (κ3) is 3.74. The van der Waals surface area contributed by atoms with Crippen LogP contribution in [-0.2, 0) is 0 Å². The highest BCUT2D eigenvalue weighted by molar-refractivity contribution is 5.76. The van der Waals surface area contributed by atoms with E-state index in [4.69, 9.17) is 9.47 Å². The second kappa shape index (κ2) is 7.35. The molecular weight excluding hydrogens is 318 g/mol. The van der Waals surface area contributed by atoms with Gasteiger partial charge in [-0.3, -0.25) is 4.90 Å². The molecule has 6 heteroatoms. The van der Waals surface area contributed by atoms with Crippen molar-refractivity contribution in [3.8, 4) is 11.5 Å². The van der Waals surface area contributed by atoms with Crippen LogP contribution in [0, 0.1) is 0 Å². The summed E-state index contributed by atoms with van der Waals surface area (Å²) in [7, 11) is 0. The lowest BCUT2D eigenvalue weighted by Crippen LogP contribution is -2.46. The third-order valence-electron chi connectivity index (χ3n) is 5.13. The molecule has 25 heavy (non-hydrogen) atoms. The average molecular weight is 343 g/mol. The highest BCUT2D eigenvalue weighted by atomic mass is 16.6. The number of hydrogen-bond donors (Lipinski definition) is 1. The molecule has 0 radical (unpaired) electrons. The summed E-state index contributed by atoms with van der Waals surface area (Å²) in [4.78, 5) is 16.2. The van der Waals surface area contributed by atoms with E-state index >= 15 is 0 Å².